The van der Waals surface area contributed by atoms with E-state index in [1.807, 2.05) is 6.07 Å². The summed E-state index contributed by atoms with van der Waals surface area (Å²) in [6.45, 7) is 0. The Morgan fingerprint density at radius 3 is 2.43 bits per heavy atom. The van der Waals surface area contributed by atoms with E-state index < -0.39 is 11.6 Å². The van der Waals surface area contributed by atoms with E-state index in [9.17, 15) is 13.2 Å². The zero-order valence-corrected chi connectivity index (χ0v) is 11.8. The molecule has 0 atom stereocenters. The average Bonchev–Trinajstić information content (AvgIpc) is 2.35. The van der Waals surface area contributed by atoms with Crippen molar-refractivity contribution in [2.75, 3.05) is 5.32 Å². The number of hydrogen-bond donors (Lipinski definition) is 1. The molecular weight excluding hydrogens is 299 g/mol. The Bertz CT molecular complexity index is 645. The first-order valence-corrected chi connectivity index (χ1v) is 7.07. The number of benzene rings is 2. The van der Waals surface area contributed by atoms with Crippen LogP contribution in [-0.2, 0) is 0 Å². The first-order chi connectivity index (χ1) is 10.0. The Kier molecular flexibility index (Phi) is 3.81. The summed E-state index contributed by atoms with van der Waals surface area (Å²) < 4.78 is 39.8. The van der Waals surface area contributed by atoms with Crippen LogP contribution in [0.2, 0.25) is 5.02 Å². The van der Waals surface area contributed by atoms with Gasteiger partial charge in [0.1, 0.15) is 11.6 Å². The second kappa shape index (κ2) is 5.60. The van der Waals surface area contributed by atoms with Gasteiger partial charge in [0.15, 0.2) is 5.82 Å². The Labute approximate surface area is 125 Å². The Morgan fingerprint density at radius 2 is 1.76 bits per heavy atom. The summed E-state index contributed by atoms with van der Waals surface area (Å²) >= 11 is 5.84. The fourth-order valence-corrected chi connectivity index (χ4v) is 2.90. The van der Waals surface area contributed by atoms with Crippen molar-refractivity contribution in [1.82, 2.24) is 0 Å². The monoisotopic (exact) mass is 311 g/mol. The molecule has 110 valence electrons. The SMILES string of the molecule is Fc1cccc(C2CC(Nc3c(F)cc(F)cc3Cl)C2)c1. The summed E-state index contributed by atoms with van der Waals surface area (Å²) in [5.74, 6) is -1.40. The molecular formula is C16H13ClF3N. The molecule has 0 bridgehead atoms. The number of rotatable bonds is 3. The fourth-order valence-electron chi connectivity index (χ4n) is 2.65. The minimum absolute atomic E-state index is 0.0294. The Balaban J connectivity index is 1.65. The second-order valence-electron chi connectivity index (χ2n) is 5.31. The van der Waals surface area contributed by atoms with Gasteiger partial charge in [-0.3, -0.25) is 0 Å². The van der Waals surface area contributed by atoms with Gasteiger partial charge in [-0.25, -0.2) is 13.2 Å². The van der Waals surface area contributed by atoms with Crippen molar-refractivity contribution in [3.8, 4) is 0 Å². The zero-order chi connectivity index (χ0) is 15.0. The molecule has 0 saturated heterocycles. The van der Waals surface area contributed by atoms with Crippen molar-refractivity contribution in [3.63, 3.8) is 0 Å². The molecule has 0 unspecified atom stereocenters. The summed E-state index contributed by atoms with van der Waals surface area (Å²) in [5, 5.41) is 3.02. The van der Waals surface area contributed by atoms with E-state index in [0.29, 0.717) is 0 Å². The molecule has 0 spiro atoms. The van der Waals surface area contributed by atoms with Gasteiger partial charge in [0, 0.05) is 12.1 Å². The van der Waals surface area contributed by atoms with E-state index in [1.165, 1.54) is 12.1 Å². The molecule has 0 aliphatic heterocycles. The van der Waals surface area contributed by atoms with Crippen LogP contribution in [0.4, 0.5) is 18.9 Å². The quantitative estimate of drug-likeness (QED) is 0.830. The highest BCUT2D eigenvalue weighted by Crippen LogP contribution is 2.40. The molecule has 2 aromatic carbocycles. The molecule has 0 amide bonds. The highest BCUT2D eigenvalue weighted by Gasteiger charge is 2.31. The van der Waals surface area contributed by atoms with E-state index in [1.54, 1.807) is 6.07 Å². The first kappa shape index (κ1) is 14.3. The van der Waals surface area contributed by atoms with Crippen molar-refractivity contribution in [3.05, 3.63) is 64.4 Å². The highest BCUT2D eigenvalue weighted by molar-refractivity contribution is 6.33. The van der Waals surface area contributed by atoms with Gasteiger partial charge in [0.2, 0.25) is 0 Å². The maximum atomic E-state index is 13.7. The largest absolute Gasteiger partial charge is 0.379 e. The standard InChI is InChI=1S/C16H13ClF3N/c17-14-7-12(19)8-15(20)16(14)21-13-5-10(6-13)9-2-1-3-11(18)4-9/h1-4,7-8,10,13,21H,5-6H2. The lowest BCUT2D eigenvalue weighted by molar-refractivity contribution is 0.371. The van der Waals surface area contributed by atoms with Crippen molar-refractivity contribution < 1.29 is 13.2 Å². The van der Waals surface area contributed by atoms with E-state index >= 15 is 0 Å². The molecule has 0 radical (unpaired) electrons. The predicted octanol–water partition coefficient (Wildman–Crippen LogP) is 5.12. The lowest BCUT2D eigenvalue weighted by Crippen LogP contribution is -2.34. The minimum atomic E-state index is -0.700. The lowest BCUT2D eigenvalue weighted by atomic mass is 9.76. The smallest absolute Gasteiger partial charge is 0.150 e. The predicted molar refractivity (Wildman–Crippen MR) is 77.2 cm³/mol. The number of nitrogens with one attached hydrogen (secondary N) is 1. The number of anilines is 1. The van der Waals surface area contributed by atoms with Gasteiger partial charge in [-0.2, -0.15) is 0 Å². The third-order valence-corrected chi connectivity index (χ3v) is 4.11. The molecule has 0 aromatic heterocycles. The highest BCUT2D eigenvalue weighted by atomic mass is 35.5. The maximum absolute atomic E-state index is 13.7. The van der Waals surface area contributed by atoms with Crippen molar-refractivity contribution >= 4 is 17.3 Å². The summed E-state index contributed by atoms with van der Waals surface area (Å²) in [6.07, 6.45) is 1.52. The molecule has 2 aromatic rings. The normalized spacial score (nSPS) is 21.0. The average molecular weight is 312 g/mol. The summed E-state index contributed by atoms with van der Waals surface area (Å²) in [4.78, 5) is 0. The van der Waals surface area contributed by atoms with E-state index in [2.05, 4.69) is 5.32 Å². The summed E-state index contributed by atoms with van der Waals surface area (Å²) in [7, 11) is 0. The van der Waals surface area contributed by atoms with E-state index in [0.717, 1.165) is 30.5 Å². The lowest BCUT2D eigenvalue weighted by Gasteiger charge is -2.37. The Hall–Kier alpha value is -1.68. The third-order valence-electron chi connectivity index (χ3n) is 3.81. The maximum Gasteiger partial charge on any atom is 0.150 e. The molecule has 1 saturated carbocycles. The molecule has 1 nitrogen and oxygen atoms in total. The van der Waals surface area contributed by atoms with Gasteiger partial charge in [-0.05, 0) is 42.5 Å². The van der Waals surface area contributed by atoms with Gasteiger partial charge in [0.25, 0.3) is 0 Å². The molecule has 1 aliphatic rings. The van der Waals surface area contributed by atoms with Crippen LogP contribution in [0.3, 0.4) is 0 Å². The molecule has 1 aliphatic carbocycles. The van der Waals surface area contributed by atoms with Crippen LogP contribution in [0.1, 0.15) is 24.3 Å². The molecule has 1 N–H and O–H groups in total. The Morgan fingerprint density at radius 1 is 1.00 bits per heavy atom. The van der Waals surface area contributed by atoms with Crippen LogP contribution in [0.25, 0.3) is 0 Å². The van der Waals surface area contributed by atoms with Crippen molar-refractivity contribution in [1.29, 1.82) is 0 Å². The second-order valence-corrected chi connectivity index (χ2v) is 5.72. The number of halogens is 4. The van der Waals surface area contributed by atoms with Crippen molar-refractivity contribution in [2.24, 2.45) is 0 Å². The van der Waals surface area contributed by atoms with Crippen LogP contribution < -0.4 is 5.32 Å². The summed E-state index contributed by atoms with van der Waals surface area (Å²) in [6, 6.07) is 8.43. The van der Waals surface area contributed by atoms with Gasteiger partial charge >= 0.3 is 0 Å². The molecule has 5 heteroatoms. The van der Waals surface area contributed by atoms with Crippen LogP contribution >= 0.6 is 11.6 Å². The van der Waals surface area contributed by atoms with Crippen LogP contribution in [-0.4, -0.2) is 6.04 Å². The first-order valence-electron chi connectivity index (χ1n) is 6.69. The zero-order valence-electron chi connectivity index (χ0n) is 11.0. The van der Waals surface area contributed by atoms with Gasteiger partial charge in [-0.15, -0.1) is 0 Å². The summed E-state index contributed by atoms with van der Waals surface area (Å²) in [5.41, 5.74) is 1.07. The minimum Gasteiger partial charge on any atom is -0.379 e. The van der Waals surface area contributed by atoms with E-state index in [4.69, 9.17) is 11.6 Å². The van der Waals surface area contributed by atoms with Crippen molar-refractivity contribution in [2.45, 2.75) is 24.8 Å². The molecule has 1 fully saturated rings. The topological polar surface area (TPSA) is 12.0 Å². The van der Waals surface area contributed by atoms with E-state index in [-0.39, 0.29) is 28.5 Å². The number of hydrogen-bond acceptors (Lipinski definition) is 1. The van der Waals surface area contributed by atoms with Gasteiger partial charge in [-0.1, -0.05) is 23.7 Å². The van der Waals surface area contributed by atoms with Crippen LogP contribution in [0, 0.1) is 17.5 Å². The molecule has 3 rings (SSSR count). The fraction of sp³-hybridized carbons (Fsp3) is 0.250. The third kappa shape index (κ3) is 3.00. The van der Waals surface area contributed by atoms with Crippen LogP contribution in [0.5, 0.6) is 0 Å². The van der Waals surface area contributed by atoms with Crippen LogP contribution in [0.15, 0.2) is 36.4 Å². The van der Waals surface area contributed by atoms with Gasteiger partial charge in [0.05, 0.1) is 10.7 Å². The van der Waals surface area contributed by atoms with Gasteiger partial charge < -0.3 is 5.32 Å². The molecule has 21 heavy (non-hydrogen) atoms. The molecule has 0 heterocycles.